The van der Waals surface area contributed by atoms with Crippen molar-refractivity contribution in [3.05, 3.63) is 59.4 Å². The number of benzene rings is 1. The lowest BCUT2D eigenvalue weighted by atomic mass is 10.0. The first-order chi connectivity index (χ1) is 12.3. The van der Waals surface area contributed by atoms with Crippen LogP contribution in [0.2, 0.25) is 0 Å². The van der Waals surface area contributed by atoms with Crippen molar-refractivity contribution in [3.63, 3.8) is 0 Å². The number of hydrogen-bond donors (Lipinski definition) is 0. The van der Waals surface area contributed by atoms with E-state index in [1.54, 1.807) is 26.6 Å². The fraction of sp³-hybridized carbons (Fsp3) is 0.400. The summed E-state index contributed by atoms with van der Waals surface area (Å²) in [7, 11) is 3.30. The molecule has 0 radical (unpaired) electrons. The average Bonchev–Trinajstić information content (AvgIpc) is 2.62. The third-order valence-corrected chi connectivity index (χ3v) is 5.18. The highest BCUT2D eigenvalue weighted by Gasteiger charge is 2.25. The fourth-order valence-corrected chi connectivity index (χ4v) is 2.87. The Kier molecular flexibility index (Phi) is 7.20. The van der Waals surface area contributed by atoms with Crippen molar-refractivity contribution in [3.8, 4) is 5.75 Å². The average molecular weight is 375 g/mol. The van der Waals surface area contributed by atoms with Crippen LogP contribution in [0.25, 0.3) is 0 Å². The molecule has 26 heavy (non-hydrogen) atoms. The van der Waals surface area contributed by atoms with Gasteiger partial charge in [-0.1, -0.05) is 16.5 Å². The van der Waals surface area contributed by atoms with E-state index in [1.165, 1.54) is 0 Å². The number of nitrogens with zero attached hydrogens (tertiary/aromatic N) is 2. The van der Waals surface area contributed by atoms with E-state index in [1.807, 2.05) is 57.2 Å². The minimum atomic E-state index is -1.24. The maximum Gasteiger partial charge on any atom is 0.144 e. The van der Waals surface area contributed by atoms with E-state index in [4.69, 9.17) is 9.47 Å². The SMILES string of the molecule is COc1ccc([C@@H](OC)c2cc(CC=N[S+]([O-])C(C)(C)C)ccn2)cc1. The highest BCUT2D eigenvalue weighted by atomic mass is 32.2. The number of aromatic nitrogens is 1. The first kappa shape index (κ1) is 20.4. The maximum atomic E-state index is 12.0. The molecule has 0 spiro atoms. The van der Waals surface area contributed by atoms with Crippen LogP contribution >= 0.6 is 0 Å². The van der Waals surface area contributed by atoms with Crippen molar-refractivity contribution in [2.24, 2.45) is 4.40 Å². The summed E-state index contributed by atoms with van der Waals surface area (Å²) in [5.41, 5.74) is 2.86. The zero-order valence-corrected chi connectivity index (χ0v) is 16.7. The molecule has 1 heterocycles. The van der Waals surface area contributed by atoms with Gasteiger partial charge in [0, 0.05) is 19.7 Å². The molecule has 6 heteroatoms. The second kappa shape index (κ2) is 9.16. The van der Waals surface area contributed by atoms with Crippen LogP contribution in [0.5, 0.6) is 5.75 Å². The smallest absolute Gasteiger partial charge is 0.144 e. The third-order valence-electron chi connectivity index (χ3n) is 3.79. The summed E-state index contributed by atoms with van der Waals surface area (Å²) in [5.74, 6) is 0.799. The zero-order chi connectivity index (χ0) is 19.2. The Bertz CT molecular complexity index is 727. The van der Waals surface area contributed by atoms with Crippen LogP contribution < -0.4 is 4.74 Å². The molecule has 0 saturated carbocycles. The molecule has 2 rings (SSSR count). The van der Waals surface area contributed by atoms with Crippen molar-refractivity contribution < 1.29 is 14.0 Å². The Morgan fingerprint density at radius 2 is 1.88 bits per heavy atom. The highest BCUT2D eigenvalue weighted by molar-refractivity contribution is 7.91. The molecular weight excluding hydrogens is 348 g/mol. The van der Waals surface area contributed by atoms with E-state index in [-0.39, 0.29) is 10.9 Å². The predicted octanol–water partition coefficient (Wildman–Crippen LogP) is 3.90. The summed E-state index contributed by atoms with van der Waals surface area (Å²) in [4.78, 5) is 4.45. The number of rotatable bonds is 7. The molecule has 1 unspecified atom stereocenters. The zero-order valence-electron chi connectivity index (χ0n) is 15.9. The Labute approximate surface area is 158 Å². The van der Waals surface area contributed by atoms with Gasteiger partial charge in [0.05, 0.1) is 19.0 Å². The van der Waals surface area contributed by atoms with Crippen LogP contribution in [0.3, 0.4) is 0 Å². The number of ether oxygens (including phenoxy) is 2. The minimum absolute atomic E-state index is 0.262. The van der Waals surface area contributed by atoms with Gasteiger partial charge in [0.1, 0.15) is 28.0 Å². The van der Waals surface area contributed by atoms with E-state index in [2.05, 4.69) is 9.38 Å². The molecule has 0 amide bonds. The lowest BCUT2D eigenvalue weighted by molar-refractivity contribution is 0.133. The molecule has 1 aromatic carbocycles. The molecule has 2 aromatic rings. The summed E-state index contributed by atoms with van der Waals surface area (Å²) >= 11 is -1.24. The second-order valence-corrected chi connectivity index (χ2v) is 8.77. The topological polar surface area (TPSA) is 66.8 Å². The minimum Gasteiger partial charge on any atom is -0.591 e. The highest BCUT2D eigenvalue weighted by Crippen LogP contribution is 2.26. The molecule has 0 fully saturated rings. The monoisotopic (exact) mass is 374 g/mol. The first-order valence-electron chi connectivity index (χ1n) is 8.41. The third kappa shape index (κ3) is 5.56. The fourth-order valence-electron chi connectivity index (χ4n) is 2.34. The van der Waals surface area contributed by atoms with E-state index in [0.29, 0.717) is 6.42 Å². The number of methoxy groups -OCH3 is 2. The van der Waals surface area contributed by atoms with Gasteiger partial charge in [-0.15, -0.1) is 0 Å². The standard InChI is InChI=1S/C20H26N2O3S/c1-20(2,3)26(23)22-13-11-15-10-12-21-18(14-15)19(25-5)16-6-8-17(24-4)9-7-16/h6-10,12-14,19H,11H2,1-5H3/t19-,26?/m1/s1. The van der Waals surface area contributed by atoms with E-state index >= 15 is 0 Å². The summed E-state index contributed by atoms with van der Waals surface area (Å²) < 4.78 is 26.6. The maximum absolute atomic E-state index is 12.0. The molecule has 0 aliphatic carbocycles. The number of pyridine rings is 1. The summed E-state index contributed by atoms with van der Waals surface area (Å²) in [6.07, 6.45) is 3.79. The van der Waals surface area contributed by atoms with Crippen LogP contribution in [0.1, 0.15) is 43.7 Å². The summed E-state index contributed by atoms with van der Waals surface area (Å²) in [5, 5.41) is 0. The molecule has 140 valence electrons. The van der Waals surface area contributed by atoms with Gasteiger partial charge in [-0.3, -0.25) is 4.98 Å². The van der Waals surface area contributed by atoms with Crippen molar-refractivity contribution in [1.29, 1.82) is 0 Å². The Balaban J connectivity index is 2.14. The van der Waals surface area contributed by atoms with Gasteiger partial charge >= 0.3 is 0 Å². The van der Waals surface area contributed by atoms with Gasteiger partial charge in [0.2, 0.25) is 0 Å². The van der Waals surface area contributed by atoms with Crippen LogP contribution in [0.4, 0.5) is 0 Å². The van der Waals surface area contributed by atoms with Crippen LogP contribution in [-0.4, -0.2) is 34.7 Å². The Morgan fingerprint density at radius 3 is 2.46 bits per heavy atom. The molecule has 1 aromatic heterocycles. The summed E-state index contributed by atoms with van der Waals surface area (Å²) in [6.45, 7) is 5.72. The Hall–Kier alpha value is -1.89. The van der Waals surface area contributed by atoms with Gasteiger partial charge in [-0.25, -0.2) is 0 Å². The lowest BCUT2D eigenvalue weighted by Gasteiger charge is -2.18. The largest absolute Gasteiger partial charge is 0.591 e. The van der Waals surface area contributed by atoms with Crippen LogP contribution in [0, 0.1) is 0 Å². The first-order valence-corrected chi connectivity index (χ1v) is 9.52. The van der Waals surface area contributed by atoms with Crippen LogP contribution in [-0.2, 0) is 22.5 Å². The molecule has 0 aliphatic rings. The molecule has 0 saturated heterocycles. The van der Waals surface area contributed by atoms with Crippen molar-refractivity contribution in [2.45, 2.75) is 38.0 Å². The lowest BCUT2D eigenvalue weighted by Crippen LogP contribution is -2.25. The molecular formula is C20H26N2O3S. The molecule has 0 aliphatic heterocycles. The molecule has 0 bridgehead atoms. The van der Waals surface area contributed by atoms with Crippen molar-refractivity contribution in [2.75, 3.05) is 14.2 Å². The van der Waals surface area contributed by atoms with E-state index in [0.717, 1.165) is 22.6 Å². The van der Waals surface area contributed by atoms with E-state index < -0.39 is 11.4 Å². The number of hydrogen-bond acceptors (Lipinski definition) is 5. The van der Waals surface area contributed by atoms with Crippen molar-refractivity contribution >= 4 is 17.6 Å². The second-order valence-electron chi connectivity index (χ2n) is 6.83. The predicted molar refractivity (Wildman–Crippen MR) is 106 cm³/mol. The van der Waals surface area contributed by atoms with Gasteiger partial charge in [-0.2, -0.15) is 0 Å². The van der Waals surface area contributed by atoms with Gasteiger partial charge < -0.3 is 14.0 Å². The van der Waals surface area contributed by atoms with E-state index in [9.17, 15) is 4.55 Å². The summed E-state index contributed by atoms with van der Waals surface area (Å²) in [6, 6.07) is 11.7. The van der Waals surface area contributed by atoms with Gasteiger partial charge in [-0.05, 0) is 56.2 Å². The molecule has 0 N–H and O–H groups in total. The molecule has 5 nitrogen and oxygen atoms in total. The normalized spacial score (nSPS) is 14.4. The van der Waals surface area contributed by atoms with Crippen LogP contribution in [0.15, 0.2) is 47.0 Å². The quantitative estimate of drug-likeness (QED) is 0.544. The van der Waals surface area contributed by atoms with Gasteiger partial charge in [0.15, 0.2) is 0 Å². The Morgan fingerprint density at radius 1 is 1.19 bits per heavy atom. The van der Waals surface area contributed by atoms with Crippen molar-refractivity contribution in [1.82, 2.24) is 4.98 Å². The molecule has 2 atom stereocenters. The van der Waals surface area contributed by atoms with Gasteiger partial charge in [0.25, 0.3) is 0 Å².